The summed E-state index contributed by atoms with van der Waals surface area (Å²) >= 11 is 0. The van der Waals surface area contributed by atoms with Crippen molar-refractivity contribution in [1.29, 1.82) is 10.5 Å². The number of hydrogen-bond donors (Lipinski definition) is 2. The molecular formula is C12H13N7. The van der Waals surface area contributed by atoms with E-state index in [-0.39, 0.29) is 11.4 Å². The van der Waals surface area contributed by atoms with Gasteiger partial charge < -0.3 is 11.1 Å². The van der Waals surface area contributed by atoms with Crippen LogP contribution in [0.3, 0.4) is 0 Å². The molecule has 0 amide bonds. The fourth-order valence-corrected chi connectivity index (χ4v) is 1.72. The summed E-state index contributed by atoms with van der Waals surface area (Å²) in [6.07, 6.45) is 3.38. The van der Waals surface area contributed by atoms with Crippen molar-refractivity contribution >= 4 is 17.3 Å². The van der Waals surface area contributed by atoms with E-state index in [1.54, 1.807) is 0 Å². The quantitative estimate of drug-likeness (QED) is 0.794. The summed E-state index contributed by atoms with van der Waals surface area (Å²) in [5.41, 5.74) is 6.83. The highest BCUT2D eigenvalue weighted by Gasteiger charge is 2.16. The molecular weight excluding hydrogens is 242 g/mol. The maximum Gasteiger partial charge on any atom is 0.177 e. The van der Waals surface area contributed by atoms with Gasteiger partial charge in [-0.25, -0.2) is 4.98 Å². The third kappa shape index (κ3) is 2.14. The van der Waals surface area contributed by atoms with Crippen molar-refractivity contribution in [1.82, 2.24) is 14.6 Å². The lowest BCUT2D eigenvalue weighted by atomic mass is 10.2. The first-order valence-electron chi connectivity index (χ1n) is 5.94. The highest BCUT2D eigenvalue weighted by atomic mass is 15.3. The van der Waals surface area contributed by atoms with Crippen molar-refractivity contribution < 1.29 is 0 Å². The first-order chi connectivity index (χ1) is 9.22. The minimum absolute atomic E-state index is 0.188. The molecule has 96 valence electrons. The Morgan fingerprint density at radius 2 is 2.21 bits per heavy atom. The zero-order chi connectivity index (χ0) is 13.8. The molecule has 7 heteroatoms. The van der Waals surface area contributed by atoms with Gasteiger partial charge in [0.2, 0.25) is 0 Å². The molecule has 0 fully saturated rings. The van der Waals surface area contributed by atoms with E-state index in [1.807, 2.05) is 12.1 Å². The number of nitriles is 2. The summed E-state index contributed by atoms with van der Waals surface area (Å²) < 4.78 is 1.31. The first-order valence-corrected chi connectivity index (χ1v) is 5.94. The van der Waals surface area contributed by atoms with Crippen LogP contribution in [0.5, 0.6) is 0 Å². The van der Waals surface area contributed by atoms with Crippen LogP contribution < -0.4 is 11.1 Å². The lowest BCUT2D eigenvalue weighted by molar-refractivity contribution is 0.829. The van der Waals surface area contributed by atoms with Gasteiger partial charge in [0, 0.05) is 6.54 Å². The van der Waals surface area contributed by atoms with E-state index in [9.17, 15) is 0 Å². The van der Waals surface area contributed by atoms with Gasteiger partial charge in [-0.05, 0) is 6.42 Å². The number of nitrogens with one attached hydrogen (secondary N) is 1. The maximum atomic E-state index is 9.16. The molecule has 0 aliphatic rings. The first kappa shape index (κ1) is 12.7. The van der Waals surface area contributed by atoms with Crippen molar-refractivity contribution in [2.45, 2.75) is 19.8 Å². The van der Waals surface area contributed by atoms with Crippen molar-refractivity contribution in [2.75, 3.05) is 17.6 Å². The molecule has 0 unspecified atom stereocenters. The van der Waals surface area contributed by atoms with Crippen LogP contribution in [0.25, 0.3) is 5.65 Å². The predicted octanol–water partition coefficient (Wildman–Crippen LogP) is 1.27. The Balaban J connectivity index is 2.55. The van der Waals surface area contributed by atoms with Gasteiger partial charge in [0.25, 0.3) is 0 Å². The van der Waals surface area contributed by atoms with Crippen LogP contribution in [0.1, 0.15) is 30.9 Å². The molecule has 2 aromatic rings. The van der Waals surface area contributed by atoms with Crippen LogP contribution in [0.2, 0.25) is 0 Å². The smallest absolute Gasteiger partial charge is 0.177 e. The number of rotatable bonds is 4. The van der Waals surface area contributed by atoms with Gasteiger partial charge in [-0.1, -0.05) is 13.3 Å². The highest BCUT2D eigenvalue weighted by Crippen LogP contribution is 2.22. The number of fused-ring (bicyclic) bond motifs is 1. The molecule has 0 aromatic carbocycles. The monoisotopic (exact) mass is 255 g/mol. The molecule has 0 bridgehead atoms. The minimum Gasteiger partial charge on any atom is -0.382 e. The van der Waals surface area contributed by atoms with Crippen molar-refractivity contribution in [3.05, 3.63) is 17.3 Å². The lowest BCUT2D eigenvalue weighted by Crippen LogP contribution is -2.11. The SMILES string of the molecule is CCCCNc1nc2c(C#N)cnn2c(N)c1C#N. The zero-order valence-corrected chi connectivity index (χ0v) is 10.5. The molecule has 7 nitrogen and oxygen atoms in total. The number of nitrogen functional groups attached to an aromatic ring is 1. The Labute approximate surface area is 110 Å². The molecule has 0 radical (unpaired) electrons. The zero-order valence-electron chi connectivity index (χ0n) is 10.5. The molecule has 2 heterocycles. The number of anilines is 2. The summed E-state index contributed by atoms with van der Waals surface area (Å²) in [6, 6.07) is 4.01. The van der Waals surface area contributed by atoms with Gasteiger partial charge in [0.1, 0.15) is 34.9 Å². The summed E-state index contributed by atoms with van der Waals surface area (Å²) in [5, 5.41) is 25.2. The minimum atomic E-state index is 0.188. The van der Waals surface area contributed by atoms with E-state index in [4.69, 9.17) is 16.3 Å². The summed E-state index contributed by atoms with van der Waals surface area (Å²) in [4.78, 5) is 4.27. The number of hydrogen-bond acceptors (Lipinski definition) is 6. The van der Waals surface area contributed by atoms with E-state index in [0.29, 0.717) is 23.6 Å². The average molecular weight is 255 g/mol. The molecule has 0 spiro atoms. The van der Waals surface area contributed by atoms with E-state index in [2.05, 4.69) is 22.3 Å². The normalized spacial score (nSPS) is 10.1. The molecule has 2 rings (SSSR count). The fraction of sp³-hybridized carbons (Fsp3) is 0.333. The Bertz CT molecular complexity index is 687. The average Bonchev–Trinajstić information content (AvgIpc) is 2.82. The fourth-order valence-electron chi connectivity index (χ4n) is 1.72. The number of nitrogens with two attached hydrogens (primary N) is 1. The van der Waals surface area contributed by atoms with E-state index in [0.717, 1.165) is 12.8 Å². The summed E-state index contributed by atoms with van der Waals surface area (Å²) in [5.74, 6) is 0.589. The number of unbranched alkanes of at least 4 members (excludes halogenated alkanes) is 1. The van der Waals surface area contributed by atoms with Crippen LogP contribution in [0.15, 0.2) is 6.20 Å². The van der Waals surface area contributed by atoms with Gasteiger partial charge in [-0.3, -0.25) is 0 Å². The summed E-state index contributed by atoms with van der Waals surface area (Å²) in [7, 11) is 0. The maximum absolute atomic E-state index is 9.16. The highest BCUT2D eigenvalue weighted by molar-refractivity contribution is 5.70. The Morgan fingerprint density at radius 1 is 1.42 bits per heavy atom. The molecule has 0 saturated heterocycles. The van der Waals surface area contributed by atoms with Crippen molar-refractivity contribution in [2.24, 2.45) is 0 Å². The van der Waals surface area contributed by atoms with Gasteiger partial charge in [0.05, 0.1) is 6.20 Å². The molecule has 0 aliphatic heterocycles. The molecule has 2 aromatic heterocycles. The Kier molecular flexibility index (Phi) is 3.48. The van der Waals surface area contributed by atoms with E-state index < -0.39 is 0 Å². The van der Waals surface area contributed by atoms with Crippen LogP contribution in [-0.4, -0.2) is 21.1 Å². The van der Waals surface area contributed by atoms with Gasteiger partial charge in [0.15, 0.2) is 5.65 Å². The van der Waals surface area contributed by atoms with E-state index >= 15 is 0 Å². The second kappa shape index (κ2) is 5.23. The number of aromatic nitrogens is 3. The van der Waals surface area contributed by atoms with Gasteiger partial charge in [-0.2, -0.15) is 20.1 Å². The second-order valence-electron chi connectivity index (χ2n) is 4.02. The van der Waals surface area contributed by atoms with Crippen LogP contribution in [0.4, 0.5) is 11.6 Å². The lowest BCUT2D eigenvalue weighted by Gasteiger charge is -2.09. The topological polar surface area (TPSA) is 116 Å². The van der Waals surface area contributed by atoms with Crippen LogP contribution in [-0.2, 0) is 0 Å². The van der Waals surface area contributed by atoms with Gasteiger partial charge in [-0.15, -0.1) is 0 Å². The molecule has 19 heavy (non-hydrogen) atoms. The van der Waals surface area contributed by atoms with E-state index in [1.165, 1.54) is 10.7 Å². The second-order valence-corrected chi connectivity index (χ2v) is 4.02. The molecule has 0 atom stereocenters. The third-order valence-electron chi connectivity index (χ3n) is 2.74. The standard InChI is InChI=1S/C12H13N7/c1-2-3-4-16-11-9(6-14)10(15)19-12(18-11)8(5-13)7-17-19/h7H,2-4,15H2,1H3,(H,16,18). The summed E-state index contributed by atoms with van der Waals surface area (Å²) in [6.45, 7) is 2.77. The Morgan fingerprint density at radius 3 is 2.84 bits per heavy atom. The third-order valence-corrected chi connectivity index (χ3v) is 2.74. The Hall–Kier alpha value is -2.80. The van der Waals surface area contributed by atoms with Crippen molar-refractivity contribution in [3.8, 4) is 12.1 Å². The van der Waals surface area contributed by atoms with Crippen LogP contribution in [0, 0.1) is 22.7 Å². The number of nitrogens with zero attached hydrogens (tertiary/aromatic N) is 5. The van der Waals surface area contributed by atoms with Crippen molar-refractivity contribution in [3.63, 3.8) is 0 Å². The van der Waals surface area contributed by atoms with Crippen LogP contribution >= 0.6 is 0 Å². The largest absolute Gasteiger partial charge is 0.382 e. The van der Waals surface area contributed by atoms with Gasteiger partial charge >= 0.3 is 0 Å². The molecule has 0 aliphatic carbocycles. The molecule has 3 N–H and O–H groups in total. The predicted molar refractivity (Wildman–Crippen MR) is 70.2 cm³/mol. The molecule has 0 saturated carbocycles.